The number of halogens is 1. The van der Waals surface area contributed by atoms with Crippen LogP contribution in [-0.2, 0) is 17.1 Å². The molecule has 0 aliphatic heterocycles. The lowest BCUT2D eigenvalue weighted by Crippen LogP contribution is -2.19. The van der Waals surface area contributed by atoms with Crippen molar-refractivity contribution in [2.24, 2.45) is 7.05 Å². The summed E-state index contributed by atoms with van der Waals surface area (Å²) in [6.45, 7) is 1.67. The van der Waals surface area contributed by atoms with Crippen molar-refractivity contribution in [2.75, 3.05) is 10.5 Å². The molecule has 0 amide bonds. The van der Waals surface area contributed by atoms with Gasteiger partial charge in [-0.2, -0.15) is 8.42 Å². The Morgan fingerprint density at radius 1 is 1.42 bits per heavy atom. The maximum Gasteiger partial charge on any atom is 0.283 e. The van der Waals surface area contributed by atoms with Crippen molar-refractivity contribution in [1.82, 2.24) is 19.5 Å². The SMILES string of the molecule is Cc1cc(Cl)nc(NS(=O)(=O)c2c(N)ncn2C)n1. The van der Waals surface area contributed by atoms with Crippen LogP contribution in [0.1, 0.15) is 5.69 Å². The van der Waals surface area contributed by atoms with E-state index in [1.54, 1.807) is 6.92 Å². The molecule has 2 heterocycles. The Morgan fingerprint density at radius 2 is 2.11 bits per heavy atom. The standard InChI is InChI=1S/C9H11ClN6O2S/c1-5-3-6(10)14-9(13-5)15-19(17,18)8-7(11)12-4-16(8)2/h3-4H,11H2,1-2H3,(H,13,14,15). The van der Waals surface area contributed by atoms with Gasteiger partial charge in [0.15, 0.2) is 10.8 Å². The number of nitrogens with two attached hydrogens (primary N) is 1. The number of sulfonamides is 1. The second kappa shape index (κ2) is 4.67. The Kier molecular flexibility index (Phi) is 3.33. The van der Waals surface area contributed by atoms with Crippen molar-refractivity contribution in [1.29, 1.82) is 0 Å². The highest BCUT2D eigenvalue weighted by molar-refractivity contribution is 7.92. The Morgan fingerprint density at radius 3 is 2.63 bits per heavy atom. The highest BCUT2D eigenvalue weighted by atomic mass is 35.5. The molecule has 2 aromatic heterocycles. The van der Waals surface area contributed by atoms with Crippen molar-refractivity contribution in [2.45, 2.75) is 11.9 Å². The highest BCUT2D eigenvalue weighted by Gasteiger charge is 2.23. The number of hydrogen-bond acceptors (Lipinski definition) is 6. The smallest absolute Gasteiger partial charge is 0.283 e. The van der Waals surface area contributed by atoms with E-state index in [0.717, 1.165) is 0 Å². The monoisotopic (exact) mass is 302 g/mol. The molecule has 2 rings (SSSR count). The van der Waals surface area contributed by atoms with Gasteiger partial charge in [-0.15, -0.1) is 0 Å². The van der Waals surface area contributed by atoms with Crippen LogP contribution < -0.4 is 10.5 Å². The lowest BCUT2D eigenvalue weighted by atomic mass is 10.5. The van der Waals surface area contributed by atoms with Crippen molar-refractivity contribution >= 4 is 33.4 Å². The van der Waals surface area contributed by atoms with Crippen LogP contribution in [0, 0.1) is 6.92 Å². The van der Waals surface area contributed by atoms with Crippen LogP contribution in [0.5, 0.6) is 0 Å². The molecule has 3 N–H and O–H groups in total. The fourth-order valence-corrected chi connectivity index (χ4v) is 2.93. The number of nitrogens with zero attached hydrogens (tertiary/aromatic N) is 4. The molecule has 10 heteroatoms. The second-order valence-corrected chi connectivity index (χ2v) is 5.79. The van der Waals surface area contributed by atoms with Gasteiger partial charge in [-0.3, -0.25) is 0 Å². The first-order chi connectivity index (χ1) is 8.79. The number of aromatic nitrogens is 4. The van der Waals surface area contributed by atoms with Crippen LogP contribution in [0.3, 0.4) is 0 Å². The van der Waals surface area contributed by atoms with Crippen LogP contribution in [0.2, 0.25) is 5.15 Å². The molecule has 0 bridgehead atoms. The van der Waals surface area contributed by atoms with E-state index in [2.05, 4.69) is 19.7 Å². The molecule has 0 aliphatic carbocycles. The molecular formula is C9H11ClN6O2S. The van der Waals surface area contributed by atoms with E-state index < -0.39 is 10.0 Å². The average Bonchev–Trinajstić information content (AvgIpc) is 2.56. The van der Waals surface area contributed by atoms with Gasteiger partial charge in [-0.05, 0) is 13.0 Å². The number of nitrogens with one attached hydrogen (secondary N) is 1. The fourth-order valence-electron chi connectivity index (χ4n) is 1.51. The average molecular weight is 303 g/mol. The molecule has 0 unspecified atom stereocenters. The molecule has 19 heavy (non-hydrogen) atoms. The minimum Gasteiger partial charge on any atom is -0.381 e. The van der Waals surface area contributed by atoms with Gasteiger partial charge in [0.25, 0.3) is 10.0 Å². The Labute approximate surface area is 114 Å². The minimum atomic E-state index is -3.92. The molecule has 102 valence electrons. The zero-order chi connectivity index (χ0) is 14.2. The maximum absolute atomic E-state index is 12.2. The number of imidazole rings is 1. The molecular weight excluding hydrogens is 292 g/mol. The van der Waals surface area contributed by atoms with E-state index in [-0.39, 0.29) is 21.9 Å². The van der Waals surface area contributed by atoms with E-state index in [1.165, 1.54) is 24.0 Å². The minimum absolute atomic E-state index is 0.103. The van der Waals surface area contributed by atoms with Crippen molar-refractivity contribution < 1.29 is 8.42 Å². The van der Waals surface area contributed by atoms with E-state index in [1.807, 2.05) is 0 Å². The van der Waals surface area contributed by atoms with Gasteiger partial charge >= 0.3 is 0 Å². The van der Waals surface area contributed by atoms with E-state index in [9.17, 15) is 8.42 Å². The molecule has 0 aliphatic rings. The number of aryl methyl sites for hydroxylation is 2. The Bertz CT molecular complexity index is 687. The van der Waals surface area contributed by atoms with Gasteiger partial charge in [0.2, 0.25) is 5.95 Å². The first-order valence-electron chi connectivity index (χ1n) is 5.10. The van der Waals surface area contributed by atoms with Gasteiger partial charge in [0.05, 0.1) is 6.33 Å². The third-order valence-electron chi connectivity index (χ3n) is 2.21. The Hall–Kier alpha value is -1.87. The number of anilines is 2. The molecule has 2 aromatic rings. The van der Waals surface area contributed by atoms with Crippen LogP contribution in [0.15, 0.2) is 17.4 Å². The molecule has 0 aromatic carbocycles. The predicted molar refractivity (Wildman–Crippen MR) is 70.2 cm³/mol. The quantitative estimate of drug-likeness (QED) is 0.800. The summed E-state index contributed by atoms with van der Waals surface area (Å²) in [4.78, 5) is 11.4. The van der Waals surface area contributed by atoms with Crippen LogP contribution in [0.4, 0.5) is 11.8 Å². The summed E-state index contributed by atoms with van der Waals surface area (Å²) in [6.07, 6.45) is 1.30. The van der Waals surface area contributed by atoms with Gasteiger partial charge in [0.1, 0.15) is 5.15 Å². The summed E-state index contributed by atoms with van der Waals surface area (Å²) in [7, 11) is -2.41. The first-order valence-corrected chi connectivity index (χ1v) is 6.96. The van der Waals surface area contributed by atoms with Gasteiger partial charge in [-0.25, -0.2) is 19.7 Å². The van der Waals surface area contributed by atoms with Crippen molar-refractivity contribution in [3.8, 4) is 0 Å². The summed E-state index contributed by atoms with van der Waals surface area (Å²) in [5, 5.41) is -0.0168. The van der Waals surface area contributed by atoms with Gasteiger partial charge in [0, 0.05) is 12.7 Å². The topological polar surface area (TPSA) is 116 Å². The second-order valence-electron chi connectivity index (χ2n) is 3.81. The normalized spacial score (nSPS) is 11.5. The largest absolute Gasteiger partial charge is 0.381 e. The van der Waals surface area contributed by atoms with Crippen molar-refractivity contribution in [3.05, 3.63) is 23.2 Å². The fraction of sp³-hybridized carbons (Fsp3) is 0.222. The zero-order valence-electron chi connectivity index (χ0n) is 10.1. The van der Waals surface area contributed by atoms with Crippen LogP contribution in [-0.4, -0.2) is 27.9 Å². The molecule has 0 spiro atoms. The Balaban J connectivity index is 2.42. The molecule has 0 saturated heterocycles. The summed E-state index contributed by atoms with van der Waals surface area (Å²) < 4.78 is 27.8. The van der Waals surface area contributed by atoms with Gasteiger partial charge in [-0.1, -0.05) is 11.6 Å². The molecule has 0 atom stereocenters. The summed E-state index contributed by atoms with van der Waals surface area (Å²) >= 11 is 5.74. The molecule has 0 radical (unpaired) electrons. The number of rotatable bonds is 3. The van der Waals surface area contributed by atoms with Gasteiger partial charge < -0.3 is 10.3 Å². The van der Waals surface area contributed by atoms with Crippen LogP contribution >= 0.6 is 11.6 Å². The lowest BCUT2D eigenvalue weighted by molar-refractivity contribution is 0.591. The predicted octanol–water partition coefficient (Wildman–Crippen LogP) is 0.555. The van der Waals surface area contributed by atoms with Crippen LogP contribution in [0.25, 0.3) is 0 Å². The lowest BCUT2D eigenvalue weighted by Gasteiger charge is -2.08. The van der Waals surface area contributed by atoms with E-state index in [4.69, 9.17) is 17.3 Å². The molecule has 8 nitrogen and oxygen atoms in total. The maximum atomic E-state index is 12.2. The number of hydrogen-bond donors (Lipinski definition) is 2. The molecule has 0 saturated carbocycles. The highest BCUT2D eigenvalue weighted by Crippen LogP contribution is 2.19. The molecule has 0 fully saturated rings. The summed E-state index contributed by atoms with van der Waals surface area (Å²) in [6, 6.07) is 1.51. The number of nitrogen functional groups attached to an aromatic ring is 1. The van der Waals surface area contributed by atoms with E-state index >= 15 is 0 Å². The zero-order valence-corrected chi connectivity index (χ0v) is 11.7. The third kappa shape index (κ3) is 2.76. The van der Waals surface area contributed by atoms with Crippen molar-refractivity contribution in [3.63, 3.8) is 0 Å². The van der Waals surface area contributed by atoms with E-state index in [0.29, 0.717) is 5.69 Å². The summed E-state index contributed by atoms with van der Waals surface area (Å²) in [5.41, 5.74) is 6.06. The third-order valence-corrected chi connectivity index (χ3v) is 3.86. The first kappa shape index (κ1) is 13.6. The summed E-state index contributed by atoms with van der Waals surface area (Å²) in [5.74, 6) is -0.223.